The minimum atomic E-state index is -4.94. The summed E-state index contributed by atoms with van der Waals surface area (Å²) in [6.45, 7) is 1.30. The fourth-order valence-electron chi connectivity index (χ4n) is 5.18. The van der Waals surface area contributed by atoms with Crippen LogP contribution in [0, 0.1) is 10.1 Å². The van der Waals surface area contributed by atoms with E-state index in [9.17, 15) is 51.1 Å². The van der Waals surface area contributed by atoms with E-state index in [1.54, 1.807) is 24.4 Å². The van der Waals surface area contributed by atoms with Gasteiger partial charge in [0, 0.05) is 25.1 Å². The third kappa shape index (κ3) is 10.5. The molecule has 0 amide bonds. The van der Waals surface area contributed by atoms with Crippen molar-refractivity contribution >= 4 is 72.7 Å². The number of nitrogens with one attached hydrogen (secondary N) is 2. The van der Waals surface area contributed by atoms with E-state index in [-0.39, 0.29) is 62.5 Å². The summed E-state index contributed by atoms with van der Waals surface area (Å²) >= 11 is 0. The summed E-state index contributed by atoms with van der Waals surface area (Å²) in [5.74, 6) is -1.40. The van der Waals surface area contributed by atoms with Crippen LogP contribution in [-0.4, -0.2) is 67.9 Å². The molecule has 2 heterocycles. The highest BCUT2D eigenvalue weighted by atomic mass is 32.2. The van der Waals surface area contributed by atoms with Crippen LogP contribution in [0.5, 0.6) is 0 Å². The van der Waals surface area contributed by atoms with E-state index in [1.807, 2.05) is 0 Å². The minimum absolute atomic E-state index is 0.0197. The fourth-order valence-corrected chi connectivity index (χ4v) is 6.59. The molecule has 0 bridgehead atoms. The molecule has 23 heteroatoms. The van der Waals surface area contributed by atoms with Crippen LogP contribution in [0.3, 0.4) is 0 Å². The second-order valence-corrected chi connectivity index (χ2v) is 14.9. The van der Waals surface area contributed by atoms with Gasteiger partial charge in [0.05, 0.1) is 39.9 Å². The molecule has 0 fully saturated rings. The maximum absolute atomic E-state index is 12.4. The Kier molecular flexibility index (Phi) is 11.9. The molecule has 0 spiro atoms. The number of aliphatic imine (C=N–C) groups is 1. The number of aromatic carboxylic acids is 1. The van der Waals surface area contributed by atoms with E-state index in [0.29, 0.717) is 11.8 Å². The first-order valence-electron chi connectivity index (χ1n) is 16.7. The number of nitro groups is 1. The van der Waals surface area contributed by atoms with Gasteiger partial charge in [0.15, 0.2) is 5.90 Å². The standard InChI is InChI=1S/C37H26N10O11S2/c1-22(48)38-31-18-27(40-36-41-35(39-26-7-3-2-4-8-26)42-37(43-36)46-17-5-6-25(21-46)34(49)50)14-16-30(31)45-44-28-13-11-23(32(19-28)59(53,54)55)9-10-24-12-15-29(47(51)52)20-33(24)60(56,57)58/h2-3,5-6,8-21H,1H3,(H5-,38,39,40,41,42,43,44,48,49,50,53,54,55,56,57,58)/p+1/b10-9+. The summed E-state index contributed by atoms with van der Waals surface area (Å²) in [5.41, 5.74) is 5.63. The first kappa shape index (κ1) is 41.6. The van der Waals surface area contributed by atoms with Gasteiger partial charge in [-0.05, 0) is 76.8 Å². The van der Waals surface area contributed by atoms with E-state index in [1.165, 1.54) is 60.2 Å². The van der Waals surface area contributed by atoms with Crippen LogP contribution in [0.2, 0.25) is 0 Å². The maximum atomic E-state index is 12.4. The number of benzene rings is 3. The Balaban J connectivity index is 1.38. The van der Waals surface area contributed by atoms with Crippen LogP contribution < -0.4 is 15.8 Å². The Bertz CT molecular complexity index is 3220. The first-order valence-corrected chi connectivity index (χ1v) is 19.6. The average molecular weight is 852 g/mol. The predicted molar refractivity (Wildman–Crippen MR) is 211 cm³/mol. The van der Waals surface area contributed by atoms with E-state index in [4.69, 9.17) is 0 Å². The van der Waals surface area contributed by atoms with Gasteiger partial charge in [-0.15, -0.1) is 10.8 Å². The molecule has 0 atom stereocenters. The SMILES string of the molecule is CC(O)=Nc1cc(N=c2[nH]c(-[n+]3cccc(C(=O)O)c3)nc(=NC3=C=CC=C=C3)[nH]2)ccc1N=Nc1ccc(/C=C/c2ccc([N+](=O)[O-])cc2S(=O)(=O)O)c(S(=O)(=O)O)c1. The molecule has 0 radical (unpaired) electrons. The average Bonchev–Trinajstić information content (AvgIpc) is 3.19. The lowest BCUT2D eigenvalue weighted by molar-refractivity contribution is -0.604. The van der Waals surface area contributed by atoms with Crippen molar-refractivity contribution in [1.82, 2.24) is 15.0 Å². The summed E-state index contributed by atoms with van der Waals surface area (Å²) < 4.78 is 69.7. The zero-order valence-corrected chi connectivity index (χ0v) is 32.1. The number of aromatic nitrogens is 4. The molecule has 6 rings (SSSR count). The molecular formula is C37H27N10O11S2+. The quantitative estimate of drug-likeness (QED) is 0.0109. The lowest BCUT2D eigenvalue weighted by Gasteiger charge is -2.06. The van der Waals surface area contributed by atoms with Crippen LogP contribution in [0.4, 0.5) is 28.4 Å². The Labute approximate surface area is 337 Å². The molecule has 0 aliphatic heterocycles. The lowest BCUT2D eigenvalue weighted by atomic mass is 10.1. The number of H-pyrrole nitrogens is 2. The number of rotatable bonds is 12. The summed E-state index contributed by atoms with van der Waals surface area (Å²) in [4.78, 5) is 43.9. The molecule has 5 aromatic rings. The highest BCUT2D eigenvalue weighted by Gasteiger charge is 2.20. The normalized spacial score (nSPS) is 13.7. The highest BCUT2D eigenvalue weighted by Crippen LogP contribution is 2.34. The smallest absolute Gasteiger partial charge is 0.407 e. The molecule has 2 aromatic heterocycles. The molecule has 60 heavy (non-hydrogen) atoms. The lowest BCUT2D eigenvalue weighted by Crippen LogP contribution is -2.40. The number of non-ortho nitro benzene ring substituents is 1. The number of hydrogen-bond donors (Lipinski definition) is 6. The number of nitrogens with zero attached hydrogens (tertiary/aromatic N) is 8. The third-order valence-electron chi connectivity index (χ3n) is 7.78. The number of hydrogen-bond acceptors (Lipinski definition) is 13. The Morgan fingerprint density at radius 2 is 1.57 bits per heavy atom. The number of azo groups is 1. The molecule has 0 saturated carbocycles. The number of nitro benzene ring substituents is 1. The van der Waals surface area contributed by atoms with Crippen LogP contribution in [0.1, 0.15) is 28.4 Å². The van der Waals surface area contributed by atoms with Gasteiger partial charge in [-0.1, -0.05) is 23.9 Å². The largest absolute Gasteiger partial charge is 0.497 e. The number of carbonyl (C=O) groups is 1. The van der Waals surface area contributed by atoms with Gasteiger partial charge in [0.25, 0.3) is 31.5 Å². The predicted octanol–water partition coefficient (Wildman–Crippen LogP) is 5.21. The van der Waals surface area contributed by atoms with E-state index in [2.05, 4.69) is 51.6 Å². The number of allylic oxidation sites excluding steroid dienone is 1. The monoisotopic (exact) mass is 851 g/mol. The van der Waals surface area contributed by atoms with E-state index >= 15 is 0 Å². The molecule has 0 unspecified atom stereocenters. The third-order valence-corrected chi connectivity index (χ3v) is 9.60. The first-order chi connectivity index (χ1) is 28.4. The minimum Gasteiger partial charge on any atom is -0.497 e. The summed E-state index contributed by atoms with van der Waals surface area (Å²) in [6.07, 6.45) is 9.88. The van der Waals surface area contributed by atoms with Gasteiger partial charge in [-0.2, -0.15) is 26.9 Å². The number of carboxylic acid groups (broad SMARTS) is 1. The number of aliphatic hydroxyl groups excluding tert-OH is 1. The van der Waals surface area contributed by atoms with E-state index < -0.39 is 46.6 Å². The zero-order chi connectivity index (χ0) is 43.2. The summed E-state index contributed by atoms with van der Waals surface area (Å²) in [6, 6.07) is 13.4. The molecule has 3 aromatic carbocycles. The second-order valence-electron chi connectivity index (χ2n) is 12.1. The number of pyridine rings is 1. The summed E-state index contributed by atoms with van der Waals surface area (Å²) in [7, 11) is -9.87. The van der Waals surface area contributed by atoms with Gasteiger partial charge < -0.3 is 10.2 Å². The van der Waals surface area contributed by atoms with Crippen molar-refractivity contribution in [2.45, 2.75) is 16.7 Å². The van der Waals surface area contributed by atoms with Crippen molar-refractivity contribution in [3.05, 3.63) is 153 Å². The van der Waals surface area contributed by atoms with Crippen molar-refractivity contribution in [3.8, 4) is 5.95 Å². The van der Waals surface area contributed by atoms with Crippen molar-refractivity contribution < 1.29 is 50.4 Å². The van der Waals surface area contributed by atoms with Crippen molar-refractivity contribution in [2.24, 2.45) is 25.2 Å². The van der Waals surface area contributed by atoms with Crippen molar-refractivity contribution in [3.63, 3.8) is 0 Å². The van der Waals surface area contributed by atoms with Gasteiger partial charge in [0.1, 0.15) is 21.2 Å². The number of aromatic amines is 2. The fraction of sp³-hybridized carbons (Fsp3) is 0.0270. The van der Waals surface area contributed by atoms with Crippen LogP contribution in [-0.2, 0) is 20.2 Å². The van der Waals surface area contributed by atoms with Crippen LogP contribution in [0.25, 0.3) is 18.1 Å². The molecule has 21 nitrogen and oxygen atoms in total. The van der Waals surface area contributed by atoms with Crippen molar-refractivity contribution in [1.29, 1.82) is 0 Å². The summed E-state index contributed by atoms with van der Waals surface area (Å²) in [5, 5.41) is 38.9. The van der Waals surface area contributed by atoms with Gasteiger partial charge in [-0.25, -0.2) is 24.3 Å². The molecule has 6 N–H and O–H groups in total. The Hall–Kier alpha value is -8.04. The second kappa shape index (κ2) is 17.2. The zero-order valence-electron chi connectivity index (χ0n) is 30.4. The van der Waals surface area contributed by atoms with Gasteiger partial charge >= 0.3 is 17.5 Å². The van der Waals surface area contributed by atoms with Crippen molar-refractivity contribution in [2.75, 3.05) is 0 Å². The molecular weight excluding hydrogens is 825 g/mol. The molecule has 0 saturated heterocycles. The van der Waals surface area contributed by atoms with Crippen LogP contribution in [0.15, 0.2) is 150 Å². The Morgan fingerprint density at radius 3 is 2.22 bits per heavy atom. The van der Waals surface area contributed by atoms with E-state index in [0.717, 1.165) is 30.4 Å². The highest BCUT2D eigenvalue weighted by molar-refractivity contribution is 7.86. The molecule has 302 valence electrons. The number of aliphatic hydroxyl groups is 1. The molecule has 1 aliphatic carbocycles. The molecule has 1 aliphatic rings. The van der Waals surface area contributed by atoms with Gasteiger partial charge in [0.2, 0.25) is 0 Å². The van der Waals surface area contributed by atoms with Gasteiger partial charge in [-0.3, -0.25) is 24.2 Å². The maximum Gasteiger partial charge on any atom is 0.407 e. The van der Waals surface area contributed by atoms with Crippen LogP contribution >= 0.6 is 0 Å². The Morgan fingerprint density at radius 1 is 0.867 bits per heavy atom. The number of carboxylic acids is 1. The topological polar surface area (TPSA) is 320 Å².